The van der Waals surface area contributed by atoms with Crippen LogP contribution in [0.1, 0.15) is 31.4 Å². The van der Waals surface area contributed by atoms with Gasteiger partial charge in [0.15, 0.2) is 0 Å². The van der Waals surface area contributed by atoms with Crippen molar-refractivity contribution in [3.05, 3.63) is 35.4 Å². The summed E-state index contributed by atoms with van der Waals surface area (Å²) in [6.45, 7) is 4.53. The molecule has 0 aromatic heterocycles. The maximum atomic E-state index is 12.6. The Balaban J connectivity index is 1.89. The minimum absolute atomic E-state index is 0.00287. The quantitative estimate of drug-likeness (QED) is 0.897. The van der Waals surface area contributed by atoms with Crippen LogP contribution in [0.4, 0.5) is 0 Å². The number of hydrogen-bond acceptors (Lipinski definition) is 2. The van der Waals surface area contributed by atoms with E-state index in [1.165, 1.54) is 0 Å². The van der Waals surface area contributed by atoms with Gasteiger partial charge < -0.3 is 10.0 Å². The second-order valence-corrected chi connectivity index (χ2v) is 6.54. The molecule has 1 saturated carbocycles. The van der Waals surface area contributed by atoms with Crippen LogP contribution in [0.5, 0.6) is 0 Å². The summed E-state index contributed by atoms with van der Waals surface area (Å²) in [5.41, 5.74) is 2.13. The van der Waals surface area contributed by atoms with Crippen molar-refractivity contribution in [2.45, 2.75) is 39.3 Å². The molecule has 0 spiro atoms. The van der Waals surface area contributed by atoms with Crippen molar-refractivity contribution in [3.8, 4) is 0 Å². The van der Waals surface area contributed by atoms with E-state index in [0.717, 1.165) is 17.5 Å². The molecular weight excluding hydrogens is 254 g/mol. The second kappa shape index (κ2) is 4.33. The number of fused-ring (bicyclic) bond motifs is 1. The number of carboxylic acid groups (broad SMARTS) is 1. The third-order valence-electron chi connectivity index (χ3n) is 4.63. The zero-order valence-electron chi connectivity index (χ0n) is 11.8. The van der Waals surface area contributed by atoms with Gasteiger partial charge in [0.25, 0.3) is 0 Å². The third kappa shape index (κ3) is 2.09. The summed E-state index contributed by atoms with van der Waals surface area (Å²) in [4.78, 5) is 25.6. The van der Waals surface area contributed by atoms with Crippen molar-refractivity contribution < 1.29 is 14.7 Å². The van der Waals surface area contributed by atoms with Gasteiger partial charge in [0, 0.05) is 18.9 Å². The first-order valence-electron chi connectivity index (χ1n) is 7.00. The second-order valence-electron chi connectivity index (χ2n) is 6.54. The molecule has 2 aliphatic rings. The topological polar surface area (TPSA) is 57.6 Å². The average Bonchev–Trinajstić information content (AvgIpc) is 3.05. The Morgan fingerprint density at radius 2 is 1.85 bits per heavy atom. The van der Waals surface area contributed by atoms with Gasteiger partial charge in [0.2, 0.25) is 5.91 Å². The molecule has 1 amide bonds. The van der Waals surface area contributed by atoms with E-state index in [1.807, 2.05) is 24.3 Å². The van der Waals surface area contributed by atoms with Gasteiger partial charge in [-0.15, -0.1) is 0 Å². The van der Waals surface area contributed by atoms with Crippen molar-refractivity contribution in [2.75, 3.05) is 0 Å². The minimum Gasteiger partial charge on any atom is -0.480 e. The number of carbonyl (C=O) groups is 2. The highest BCUT2D eigenvalue weighted by Crippen LogP contribution is 2.53. The SMILES string of the molecule is CC1(C)CC1C(=O)N1Cc2ccccc2CC1C(=O)O. The lowest BCUT2D eigenvalue weighted by Gasteiger charge is -2.35. The molecule has 1 aromatic rings. The Morgan fingerprint density at radius 1 is 1.25 bits per heavy atom. The van der Waals surface area contributed by atoms with Crippen molar-refractivity contribution in [2.24, 2.45) is 11.3 Å². The van der Waals surface area contributed by atoms with Gasteiger partial charge in [0.05, 0.1) is 0 Å². The maximum absolute atomic E-state index is 12.6. The van der Waals surface area contributed by atoms with E-state index in [-0.39, 0.29) is 17.2 Å². The summed E-state index contributed by atoms with van der Waals surface area (Å²) < 4.78 is 0. The van der Waals surface area contributed by atoms with E-state index in [2.05, 4.69) is 13.8 Å². The van der Waals surface area contributed by atoms with E-state index in [9.17, 15) is 14.7 Å². The first kappa shape index (κ1) is 13.2. The highest BCUT2D eigenvalue weighted by molar-refractivity contribution is 5.88. The number of hydrogen-bond donors (Lipinski definition) is 1. The highest BCUT2D eigenvalue weighted by atomic mass is 16.4. The van der Waals surface area contributed by atoms with Crippen LogP contribution in [0.2, 0.25) is 0 Å². The molecule has 2 unspecified atom stereocenters. The minimum atomic E-state index is -0.911. The van der Waals surface area contributed by atoms with Crippen molar-refractivity contribution in [3.63, 3.8) is 0 Å². The molecule has 1 heterocycles. The van der Waals surface area contributed by atoms with Gasteiger partial charge in [-0.05, 0) is 23.0 Å². The fourth-order valence-electron chi connectivity index (χ4n) is 3.06. The molecule has 0 radical (unpaired) electrons. The summed E-state index contributed by atoms with van der Waals surface area (Å²) in [6, 6.07) is 7.05. The fraction of sp³-hybridized carbons (Fsp3) is 0.500. The molecule has 20 heavy (non-hydrogen) atoms. The third-order valence-corrected chi connectivity index (χ3v) is 4.63. The number of nitrogens with zero attached hydrogens (tertiary/aromatic N) is 1. The predicted molar refractivity (Wildman–Crippen MR) is 74.0 cm³/mol. The summed E-state index contributed by atoms with van der Waals surface area (Å²) in [6.07, 6.45) is 1.26. The van der Waals surface area contributed by atoms with Crippen LogP contribution >= 0.6 is 0 Å². The molecule has 1 aliphatic carbocycles. The van der Waals surface area contributed by atoms with Gasteiger partial charge in [-0.1, -0.05) is 38.1 Å². The van der Waals surface area contributed by atoms with E-state index in [4.69, 9.17) is 0 Å². The Hall–Kier alpha value is -1.84. The number of carboxylic acids is 1. The molecule has 106 valence electrons. The number of rotatable bonds is 2. The summed E-state index contributed by atoms with van der Waals surface area (Å²) in [5.74, 6) is -0.933. The monoisotopic (exact) mass is 273 g/mol. The van der Waals surface area contributed by atoms with Gasteiger partial charge in [-0.2, -0.15) is 0 Å². The number of amides is 1. The number of benzene rings is 1. The molecule has 4 heteroatoms. The first-order chi connectivity index (χ1) is 9.40. The molecule has 1 aliphatic heterocycles. The fourth-order valence-corrected chi connectivity index (χ4v) is 3.06. The molecule has 2 atom stereocenters. The maximum Gasteiger partial charge on any atom is 0.326 e. The first-order valence-corrected chi connectivity index (χ1v) is 7.00. The van der Waals surface area contributed by atoms with Crippen LogP contribution in [0, 0.1) is 11.3 Å². The molecule has 3 rings (SSSR count). The van der Waals surface area contributed by atoms with Crippen LogP contribution in [0.15, 0.2) is 24.3 Å². The Bertz CT molecular complexity index is 579. The number of aliphatic carboxylic acids is 1. The van der Waals surface area contributed by atoms with Crippen LogP contribution in [0.25, 0.3) is 0 Å². The lowest BCUT2D eigenvalue weighted by molar-refractivity contribution is -0.152. The van der Waals surface area contributed by atoms with E-state index in [1.54, 1.807) is 4.90 Å². The highest BCUT2D eigenvalue weighted by Gasteiger charge is 2.53. The van der Waals surface area contributed by atoms with Crippen LogP contribution < -0.4 is 0 Å². The summed E-state index contributed by atoms with van der Waals surface area (Å²) in [7, 11) is 0. The standard InChI is InChI=1S/C16H19NO3/c1-16(2)8-12(16)14(18)17-9-11-6-4-3-5-10(11)7-13(17)15(19)20/h3-6,12-13H,7-9H2,1-2H3,(H,19,20). The Morgan fingerprint density at radius 3 is 2.40 bits per heavy atom. The van der Waals surface area contributed by atoms with Crippen molar-refractivity contribution in [1.82, 2.24) is 4.90 Å². The lowest BCUT2D eigenvalue weighted by Crippen LogP contribution is -2.49. The molecule has 1 fully saturated rings. The predicted octanol–water partition coefficient (Wildman–Crippen LogP) is 2.07. The van der Waals surface area contributed by atoms with E-state index >= 15 is 0 Å². The zero-order chi connectivity index (χ0) is 14.5. The smallest absolute Gasteiger partial charge is 0.326 e. The van der Waals surface area contributed by atoms with Crippen molar-refractivity contribution >= 4 is 11.9 Å². The van der Waals surface area contributed by atoms with Gasteiger partial charge in [-0.25, -0.2) is 4.79 Å². The summed E-state index contributed by atoms with van der Waals surface area (Å²) in [5, 5.41) is 9.42. The molecule has 1 N–H and O–H groups in total. The average molecular weight is 273 g/mol. The van der Waals surface area contributed by atoms with Crippen molar-refractivity contribution in [1.29, 1.82) is 0 Å². The molecular formula is C16H19NO3. The zero-order valence-corrected chi connectivity index (χ0v) is 11.8. The Labute approximate surface area is 118 Å². The normalized spacial score (nSPS) is 26.8. The summed E-state index contributed by atoms with van der Waals surface area (Å²) >= 11 is 0. The Kier molecular flexibility index (Phi) is 2.85. The van der Waals surface area contributed by atoms with E-state index < -0.39 is 12.0 Å². The van der Waals surface area contributed by atoms with E-state index in [0.29, 0.717) is 13.0 Å². The molecule has 0 saturated heterocycles. The molecule has 1 aromatic carbocycles. The number of carbonyl (C=O) groups excluding carboxylic acids is 1. The van der Waals surface area contributed by atoms with Gasteiger partial charge in [0.1, 0.15) is 6.04 Å². The van der Waals surface area contributed by atoms with Crippen LogP contribution in [-0.4, -0.2) is 27.9 Å². The van der Waals surface area contributed by atoms with Gasteiger partial charge in [-0.3, -0.25) is 4.79 Å². The van der Waals surface area contributed by atoms with Gasteiger partial charge >= 0.3 is 5.97 Å². The molecule has 0 bridgehead atoms. The van der Waals surface area contributed by atoms with Crippen LogP contribution in [-0.2, 0) is 22.6 Å². The van der Waals surface area contributed by atoms with Crippen LogP contribution in [0.3, 0.4) is 0 Å². The lowest BCUT2D eigenvalue weighted by atomic mass is 9.93. The molecule has 4 nitrogen and oxygen atoms in total. The largest absolute Gasteiger partial charge is 0.480 e.